The summed E-state index contributed by atoms with van der Waals surface area (Å²) in [6.07, 6.45) is 2.38. The number of hydrogen-bond acceptors (Lipinski definition) is 2. The summed E-state index contributed by atoms with van der Waals surface area (Å²) < 4.78 is 14.7. The summed E-state index contributed by atoms with van der Waals surface area (Å²) in [6.45, 7) is 3.91. The summed E-state index contributed by atoms with van der Waals surface area (Å²) in [6, 6.07) is 4.17. The second-order valence-corrected chi connectivity index (χ2v) is 4.66. The van der Waals surface area contributed by atoms with Gasteiger partial charge in [-0.3, -0.25) is 9.48 Å². The molecule has 2 aromatic rings. The van der Waals surface area contributed by atoms with Crippen molar-refractivity contribution >= 4 is 17.9 Å². The smallest absolute Gasteiger partial charge is 0.153 e. The number of halogens is 2. The van der Waals surface area contributed by atoms with E-state index in [2.05, 4.69) is 5.10 Å². The Balaban J connectivity index is 2.59. The molecule has 0 unspecified atom stereocenters. The van der Waals surface area contributed by atoms with Gasteiger partial charge >= 0.3 is 0 Å². The number of carbonyl (C=O) groups is 1. The van der Waals surface area contributed by atoms with Crippen LogP contribution < -0.4 is 0 Å². The van der Waals surface area contributed by atoms with Gasteiger partial charge in [-0.1, -0.05) is 11.6 Å². The highest BCUT2D eigenvalue weighted by molar-refractivity contribution is 6.33. The van der Waals surface area contributed by atoms with E-state index < -0.39 is 5.82 Å². The van der Waals surface area contributed by atoms with E-state index >= 15 is 0 Å². The van der Waals surface area contributed by atoms with Gasteiger partial charge in [0.2, 0.25) is 0 Å². The molecular formula is C13H12ClFN2O. The predicted octanol–water partition coefficient (Wildman–Crippen LogP) is 3.74. The molecule has 3 nitrogen and oxygen atoms in total. The lowest BCUT2D eigenvalue weighted by molar-refractivity contribution is 0.112. The lowest BCUT2D eigenvalue weighted by atomic mass is 10.1. The van der Waals surface area contributed by atoms with Gasteiger partial charge < -0.3 is 0 Å². The average molecular weight is 267 g/mol. The van der Waals surface area contributed by atoms with Gasteiger partial charge in [0.25, 0.3) is 0 Å². The van der Waals surface area contributed by atoms with E-state index in [9.17, 15) is 9.18 Å². The van der Waals surface area contributed by atoms with Crippen LogP contribution in [0.1, 0.15) is 30.2 Å². The van der Waals surface area contributed by atoms with Gasteiger partial charge in [-0.2, -0.15) is 5.10 Å². The molecule has 5 heteroatoms. The molecule has 18 heavy (non-hydrogen) atoms. The van der Waals surface area contributed by atoms with Crippen LogP contribution in [0, 0.1) is 5.82 Å². The minimum Gasteiger partial charge on any atom is -0.298 e. The highest BCUT2D eigenvalue weighted by Gasteiger charge is 2.15. The van der Waals surface area contributed by atoms with E-state index in [4.69, 9.17) is 11.6 Å². The van der Waals surface area contributed by atoms with Crippen molar-refractivity contribution in [2.24, 2.45) is 0 Å². The van der Waals surface area contributed by atoms with Gasteiger partial charge in [0, 0.05) is 17.8 Å². The number of aldehydes is 1. The summed E-state index contributed by atoms with van der Waals surface area (Å²) in [5.41, 5.74) is 1.47. The number of carbonyl (C=O) groups excluding carboxylic acids is 1. The number of nitrogens with zero attached hydrogens (tertiary/aromatic N) is 2. The Morgan fingerprint density at radius 2 is 2.17 bits per heavy atom. The van der Waals surface area contributed by atoms with Crippen LogP contribution in [0.15, 0.2) is 24.4 Å². The maximum Gasteiger partial charge on any atom is 0.153 e. The van der Waals surface area contributed by atoms with Gasteiger partial charge in [0.15, 0.2) is 6.29 Å². The molecule has 1 heterocycles. The van der Waals surface area contributed by atoms with Crippen LogP contribution in [0.2, 0.25) is 5.02 Å². The van der Waals surface area contributed by atoms with E-state index in [1.54, 1.807) is 10.9 Å². The number of rotatable bonds is 3. The van der Waals surface area contributed by atoms with E-state index in [-0.39, 0.29) is 11.1 Å². The second kappa shape index (κ2) is 4.90. The largest absolute Gasteiger partial charge is 0.298 e. The van der Waals surface area contributed by atoms with Crippen LogP contribution in [-0.2, 0) is 0 Å². The van der Waals surface area contributed by atoms with Crippen molar-refractivity contribution in [3.8, 4) is 11.3 Å². The Labute approximate surface area is 109 Å². The van der Waals surface area contributed by atoms with E-state index in [0.29, 0.717) is 16.8 Å². The zero-order chi connectivity index (χ0) is 13.3. The molecule has 0 aliphatic rings. The summed E-state index contributed by atoms with van der Waals surface area (Å²) in [4.78, 5) is 11.0. The molecule has 0 radical (unpaired) electrons. The van der Waals surface area contributed by atoms with Crippen molar-refractivity contribution in [1.82, 2.24) is 9.78 Å². The average Bonchev–Trinajstić information content (AvgIpc) is 2.73. The van der Waals surface area contributed by atoms with Crippen molar-refractivity contribution in [2.45, 2.75) is 19.9 Å². The Kier molecular flexibility index (Phi) is 3.48. The zero-order valence-corrected chi connectivity index (χ0v) is 10.8. The summed E-state index contributed by atoms with van der Waals surface area (Å²) in [5, 5.41) is 4.56. The lowest BCUT2D eigenvalue weighted by Gasteiger charge is -2.04. The van der Waals surface area contributed by atoms with E-state index in [1.165, 1.54) is 18.2 Å². The quantitative estimate of drug-likeness (QED) is 0.794. The fourth-order valence-corrected chi connectivity index (χ4v) is 1.90. The lowest BCUT2D eigenvalue weighted by Crippen LogP contribution is -2.00. The zero-order valence-electron chi connectivity index (χ0n) is 10.0. The third-order valence-electron chi connectivity index (χ3n) is 2.60. The topological polar surface area (TPSA) is 34.9 Å². The molecule has 0 saturated carbocycles. The van der Waals surface area contributed by atoms with Crippen molar-refractivity contribution in [2.75, 3.05) is 0 Å². The number of hydrogen-bond donors (Lipinski definition) is 0. The van der Waals surface area contributed by atoms with Crippen LogP contribution in [0.5, 0.6) is 0 Å². The predicted molar refractivity (Wildman–Crippen MR) is 68.4 cm³/mol. The molecule has 0 spiro atoms. The normalized spacial score (nSPS) is 10.9. The van der Waals surface area contributed by atoms with E-state index in [0.717, 1.165) is 6.29 Å². The minimum absolute atomic E-state index is 0.136. The standard InChI is InChI=1S/C13H12ClFN2O/c1-8(2)17-6-9(7-18)13(16-17)11-4-3-10(15)5-12(11)14/h3-8H,1-2H3. The Morgan fingerprint density at radius 3 is 2.72 bits per heavy atom. The number of aromatic nitrogens is 2. The van der Waals surface area contributed by atoms with Crippen molar-refractivity contribution in [3.05, 3.63) is 40.8 Å². The molecule has 0 amide bonds. The van der Waals surface area contributed by atoms with Crippen LogP contribution in [0.25, 0.3) is 11.3 Å². The monoisotopic (exact) mass is 266 g/mol. The molecule has 0 atom stereocenters. The highest BCUT2D eigenvalue weighted by Crippen LogP contribution is 2.29. The highest BCUT2D eigenvalue weighted by atomic mass is 35.5. The summed E-state index contributed by atoms with van der Waals surface area (Å²) >= 11 is 5.98. The molecule has 0 N–H and O–H groups in total. The molecular weight excluding hydrogens is 255 g/mol. The molecule has 1 aromatic carbocycles. The Morgan fingerprint density at radius 1 is 1.44 bits per heavy atom. The first-order valence-electron chi connectivity index (χ1n) is 5.52. The first-order valence-corrected chi connectivity index (χ1v) is 5.90. The molecule has 0 aliphatic carbocycles. The maximum absolute atomic E-state index is 13.0. The van der Waals surface area contributed by atoms with Gasteiger partial charge in [0.05, 0.1) is 10.6 Å². The Bertz CT molecular complexity index is 593. The third kappa shape index (κ3) is 2.29. The van der Waals surface area contributed by atoms with Crippen molar-refractivity contribution in [1.29, 1.82) is 0 Å². The second-order valence-electron chi connectivity index (χ2n) is 4.25. The molecule has 0 aliphatic heterocycles. The molecule has 0 bridgehead atoms. The molecule has 1 aromatic heterocycles. The van der Waals surface area contributed by atoms with Crippen molar-refractivity contribution in [3.63, 3.8) is 0 Å². The van der Waals surface area contributed by atoms with Crippen molar-refractivity contribution < 1.29 is 9.18 Å². The van der Waals surface area contributed by atoms with Gasteiger partial charge in [0.1, 0.15) is 11.5 Å². The SMILES string of the molecule is CC(C)n1cc(C=O)c(-c2ccc(F)cc2Cl)n1. The van der Waals surface area contributed by atoms with Crippen LogP contribution in [0.3, 0.4) is 0 Å². The van der Waals surface area contributed by atoms with Gasteiger partial charge in [-0.25, -0.2) is 4.39 Å². The van der Waals surface area contributed by atoms with Crippen LogP contribution >= 0.6 is 11.6 Å². The molecule has 0 fully saturated rings. The fourth-order valence-electron chi connectivity index (χ4n) is 1.65. The van der Waals surface area contributed by atoms with Gasteiger partial charge in [-0.05, 0) is 32.0 Å². The van der Waals surface area contributed by atoms with Crippen LogP contribution in [0.4, 0.5) is 4.39 Å². The van der Waals surface area contributed by atoms with Crippen LogP contribution in [-0.4, -0.2) is 16.1 Å². The molecule has 0 saturated heterocycles. The first-order chi connectivity index (χ1) is 8.52. The minimum atomic E-state index is -0.417. The molecule has 94 valence electrons. The number of benzene rings is 1. The third-order valence-corrected chi connectivity index (χ3v) is 2.92. The van der Waals surface area contributed by atoms with E-state index in [1.807, 2.05) is 13.8 Å². The summed E-state index contributed by atoms with van der Waals surface area (Å²) in [7, 11) is 0. The maximum atomic E-state index is 13.0. The fraction of sp³-hybridized carbons (Fsp3) is 0.231. The first kappa shape index (κ1) is 12.8. The summed E-state index contributed by atoms with van der Waals surface area (Å²) in [5.74, 6) is -0.417. The van der Waals surface area contributed by atoms with Gasteiger partial charge in [-0.15, -0.1) is 0 Å². The Hall–Kier alpha value is -1.68. The molecule has 2 rings (SSSR count).